The molecule has 4 heteroatoms. The lowest BCUT2D eigenvalue weighted by molar-refractivity contribution is 0.668. The monoisotopic (exact) mass is 824 g/mol. The summed E-state index contributed by atoms with van der Waals surface area (Å²) in [6.45, 7) is 9.09. The number of furan rings is 2. The van der Waals surface area contributed by atoms with Gasteiger partial charge in [0.05, 0.1) is 22.1 Å². The van der Waals surface area contributed by atoms with Gasteiger partial charge in [-0.05, 0) is 148 Å². The molecule has 0 bridgehead atoms. The van der Waals surface area contributed by atoms with Crippen LogP contribution in [0.1, 0.15) is 50.7 Å². The van der Waals surface area contributed by atoms with Gasteiger partial charge < -0.3 is 18.0 Å². The maximum atomic E-state index is 6.23. The van der Waals surface area contributed by atoms with Crippen LogP contribution >= 0.6 is 0 Å². The van der Waals surface area contributed by atoms with Crippen LogP contribution in [0.2, 0.25) is 0 Å². The van der Waals surface area contributed by atoms with E-state index >= 15 is 0 Å². The minimum absolute atomic E-state index is 0.417. The largest absolute Gasteiger partial charge is 0.456 e. The van der Waals surface area contributed by atoms with E-state index in [0.717, 1.165) is 55.3 Å². The summed E-state index contributed by atoms with van der Waals surface area (Å²) in [5, 5.41) is 9.54. The van der Waals surface area contributed by atoms with Gasteiger partial charge in [-0.1, -0.05) is 107 Å². The summed E-state index contributed by atoms with van der Waals surface area (Å²) >= 11 is 0. The Morgan fingerprint density at radius 3 is 1.14 bits per heavy atom. The Morgan fingerprint density at radius 1 is 0.297 bits per heavy atom. The molecule has 0 amide bonds. The van der Waals surface area contributed by atoms with Crippen molar-refractivity contribution in [2.75, 3.05) is 0 Å². The Labute approximate surface area is 370 Å². The highest BCUT2D eigenvalue weighted by Crippen LogP contribution is 2.41. The first-order chi connectivity index (χ1) is 31.3. The molecule has 13 rings (SSSR count). The van der Waals surface area contributed by atoms with Crippen LogP contribution in [0.5, 0.6) is 0 Å². The first-order valence-corrected chi connectivity index (χ1v) is 22.4. The number of fused-ring (bicyclic) bond motifs is 12. The van der Waals surface area contributed by atoms with Crippen LogP contribution in [0.15, 0.2) is 191 Å². The highest BCUT2D eigenvalue weighted by atomic mass is 16.3. The number of nitrogens with zero attached hydrogens (tertiary/aromatic N) is 2. The molecular weight excluding hydrogens is 781 g/mol. The average Bonchev–Trinajstić information content (AvgIpc) is 4.08. The summed E-state index contributed by atoms with van der Waals surface area (Å²) in [5.41, 5.74) is 18.1. The molecule has 0 N–H and O–H groups in total. The zero-order chi connectivity index (χ0) is 42.8. The SMILES string of the molecule is CC(C)c1ccc2c(c1)c1cc(-c3cccc(-c4ccc5c(c4)c4cc(C(C)C)ccc4n5-c4ccc5oc6ccccc6c5c4)c3)ccc1n2-c1ccc2oc3ccccc3c2c1. The highest BCUT2D eigenvalue weighted by molar-refractivity contribution is 6.13. The van der Waals surface area contributed by atoms with Crippen molar-refractivity contribution in [1.82, 2.24) is 9.13 Å². The third-order valence-corrected chi connectivity index (χ3v) is 13.7. The van der Waals surface area contributed by atoms with Crippen LogP contribution in [0.4, 0.5) is 0 Å². The maximum Gasteiger partial charge on any atom is 0.135 e. The lowest BCUT2D eigenvalue weighted by atomic mass is 9.96. The number of rotatable bonds is 6. The van der Waals surface area contributed by atoms with Crippen molar-refractivity contribution >= 4 is 87.5 Å². The van der Waals surface area contributed by atoms with Crippen LogP contribution in [-0.4, -0.2) is 9.13 Å². The molecule has 0 aliphatic heterocycles. The van der Waals surface area contributed by atoms with Crippen molar-refractivity contribution in [2.24, 2.45) is 0 Å². The smallest absolute Gasteiger partial charge is 0.135 e. The molecule has 4 aromatic heterocycles. The quantitative estimate of drug-likeness (QED) is 0.167. The van der Waals surface area contributed by atoms with Crippen LogP contribution in [0, 0.1) is 0 Å². The molecule has 0 radical (unpaired) electrons. The van der Waals surface area contributed by atoms with Crippen LogP contribution in [0.25, 0.3) is 121 Å². The minimum Gasteiger partial charge on any atom is -0.456 e. The fourth-order valence-corrected chi connectivity index (χ4v) is 10.3. The van der Waals surface area contributed by atoms with Gasteiger partial charge in [0.2, 0.25) is 0 Å². The van der Waals surface area contributed by atoms with Crippen molar-refractivity contribution in [1.29, 1.82) is 0 Å². The van der Waals surface area contributed by atoms with Gasteiger partial charge in [-0.2, -0.15) is 0 Å². The standard InChI is InChI=1S/C60H44N2O2/c1-35(2)37-16-22-53-47(29-37)49-31-41(18-24-55(49)61(53)43-20-26-59-51(33-43)45-12-5-7-14-57(45)63-59)39-10-9-11-40(28-39)42-19-25-56-50(32-42)48-30-38(36(3)4)17-23-54(48)62(56)44-21-27-60-52(34-44)46-13-6-8-15-58(46)64-60/h5-36H,1-4H3. The number of aromatic nitrogens is 2. The molecule has 13 aromatic rings. The third-order valence-electron chi connectivity index (χ3n) is 13.7. The van der Waals surface area contributed by atoms with Crippen molar-refractivity contribution < 1.29 is 8.83 Å². The lowest BCUT2D eigenvalue weighted by Gasteiger charge is -2.10. The molecule has 0 atom stereocenters. The molecular formula is C60H44N2O2. The lowest BCUT2D eigenvalue weighted by Crippen LogP contribution is -1.94. The molecule has 306 valence electrons. The summed E-state index contributed by atoms with van der Waals surface area (Å²) in [5.74, 6) is 0.834. The van der Waals surface area contributed by atoms with E-state index in [9.17, 15) is 0 Å². The summed E-state index contributed by atoms with van der Waals surface area (Å²) in [7, 11) is 0. The molecule has 9 aromatic carbocycles. The topological polar surface area (TPSA) is 36.1 Å². The van der Waals surface area contributed by atoms with E-state index in [4.69, 9.17) is 8.83 Å². The number of hydrogen-bond acceptors (Lipinski definition) is 2. The second-order valence-electron chi connectivity index (χ2n) is 18.1. The van der Waals surface area contributed by atoms with Crippen molar-refractivity contribution in [2.45, 2.75) is 39.5 Å². The molecule has 0 aliphatic carbocycles. The molecule has 0 fully saturated rings. The second-order valence-corrected chi connectivity index (χ2v) is 18.1. The summed E-state index contributed by atoms with van der Waals surface area (Å²) < 4.78 is 17.3. The highest BCUT2D eigenvalue weighted by Gasteiger charge is 2.19. The van der Waals surface area contributed by atoms with Gasteiger partial charge in [-0.3, -0.25) is 0 Å². The molecule has 4 nitrogen and oxygen atoms in total. The Balaban J connectivity index is 0.949. The Hall–Kier alpha value is -7.82. The van der Waals surface area contributed by atoms with Gasteiger partial charge in [-0.25, -0.2) is 0 Å². The van der Waals surface area contributed by atoms with Gasteiger partial charge in [0.15, 0.2) is 0 Å². The molecule has 4 heterocycles. The second kappa shape index (κ2) is 13.8. The maximum absolute atomic E-state index is 6.23. The normalized spacial score (nSPS) is 12.3. The zero-order valence-corrected chi connectivity index (χ0v) is 36.2. The van der Waals surface area contributed by atoms with Crippen LogP contribution in [0.3, 0.4) is 0 Å². The van der Waals surface area contributed by atoms with Crippen LogP contribution in [-0.2, 0) is 0 Å². The first-order valence-electron chi connectivity index (χ1n) is 22.4. The molecule has 0 unspecified atom stereocenters. The van der Waals surface area contributed by atoms with E-state index in [2.05, 4.69) is 195 Å². The van der Waals surface area contributed by atoms with E-state index in [0.29, 0.717) is 11.8 Å². The predicted octanol–water partition coefficient (Wildman–Crippen LogP) is 17.3. The average molecular weight is 825 g/mol. The van der Waals surface area contributed by atoms with Crippen LogP contribution < -0.4 is 0 Å². The third kappa shape index (κ3) is 5.55. The molecule has 0 spiro atoms. The summed E-state index contributed by atoms with van der Waals surface area (Å²) in [6.07, 6.45) is 0. The Morgan fingerprint density at radius 2 is 0.688 bits per heavy atom. The minimum atomic E-state index is 0.417. The van der Waals surface area contributed by atoms with Crippen molar-refractivity contribution in [3.63, 3.8) is 0 Å². The summed E-state index contributed by atoms with van der Waals surface area (Å²) in [6, 6.07) is 66.8. The predicted molar refractivity (Wildman–Crippen MR) is 269 cm³/mol. The number of benzene rings is 9. The van der Waals surface area contributed by atoms with E-state index in [1.165, 1.54) is 77.0 Å². The zero-order valence-electron chi connectivity index (χ0n) is 36.2. The van der Waals surface area contributed by atoms with Gasteiger partial charge in [0.1, 0.15) is 22.3 Å². The fraction of sp³-hybridized carbons (Fsp3) is 0.100. The first kappa shape index (κ1) is 36.8. The van der Waals surface area contributed by atoms with Gasteiger partial charge in [0.25, 0.3) is 0 Å². The Bertz CT molecular complexity index is 3780. The van der Waals surface area contributed by atoms with E-state index < -0.39 is 0 Å². The van der Waals surface area contributed by atoms with Gasteiger partial charge in [-0.15, -0.1) is 0 Å². The van der Waals surface area contributed by atoms with Gasteiger partial charge in [0, 0.05) is 54.5 Å². The molecule has 0 aliphatic rings. The van der Waals surface area contributed by atoms with Gasteiger partial charge >= 0.3 is 0 Å². The summed E-state index contributed by atoms with van der Waals surface area (Å²) in [4.78, 5) is 0. The van der Waals surface area contributed by atoms with E-state index in [-0.39, 0.29) is 0 Å². The number of hydrogen-bond donors (Lipinski definition) is 0. The van der Waals surface area contributed by atoms with E-state index in [1.807, 2.05) is 24.3 Å². The molecule has 0 saturated heterocycles. The number of para-hydroxylation sites is 2. The Kier molecular flexibility index (Phi) is 7.96. The molecule has 64 heavy (non-hydrogen) atoms. The fourth-order valence-electron chi connectivity index (χ4n) is 10.3. The van der Waals surface area contributed by atoms with Crippen molar-refractivity contribution in [3.05, 3.63) is 193 Å². The van der Waals surface area contributed by atoms with E-state index in [1.54, 1.807) is 0 Å². The molecule has 0 saturated carbocycles. The van der Waals surface area contributed by atoms with Crippen molar-refractivity contribution in [3.8, 4) is 33.6 Å².